The number of amides is 1. The van der Waals surface area contributed by atoms with Crippen LogP contribution in [-0.2, 0) is 16.6 Å². The molecular weight excluding hydrogens is 264 g/mol. The number of hydrogen-bond acceptors (Lipinski definition) is 5. The Morgan fingerprint density at radius 3 is 2.80 bits per heavy atom. The van der Waals surface area contributed by atoms with Gasteiger partial charge in [0.15, 0.2) is 0 Å². The summed E-state index contributed by atoms with van der Waals surface area (Å²) in [5.74, 6) is -1.14. The highest BCUT2D eigenvalue weighted by molar-refractivity contribution is 5.99. The summed E-state index contributed by atoms with van der Waals surface area (Å²) in [4.78, 5) is 22.9. The maximum atomic E-state index is 11.5. The minimum absolute atomic E-state index is 0.114. The lowest BCUT2D eigenvalue weighted by Crippen LogP contribution is -2.44. The van der Waals surface area contributed by atoms with Crippen LogP contribution in [0.25, 0.3) is 0 Å². The van der Waals surface area contributed by atoms with Crippen LogP contribution in [0, 0.1) is 12.3 Å². The summed E-state index contributed by atoms with van der Waals surface area (Å²) in [6, 6.07) is -0.465. The number of ether oxygens (including phenoxy) is 1. The van der Waals surface area contributed by atoms with E-state index in [-0.39, 0.29) is 18.8 Å². The molecule has 1 saturated heterocycles. The topological polar surface area (TPSA) is 119 Å². The number of anilines is 1. The molecule has 1 aliphatic heterocycles. The van der Waals surface area contributed by atoms with E-state index >= 15 is 0 Å². The third-order valence-electron chi connectivity index (χ3n) is 3.72. The standard InChI is InChI=1S/C12H18N4O4/c1-6-8(9(13)17)10(16(3)15-6)14-7-4-20-5-12(7,2)11(18)19/h7,14H,4-5H2,1-3H3,(H2,13,17)(H,18,19). The summed E-state index contributed by atoms with van der Waals surface area (Å²) >= 11 is 0. The Kier molecular flexibility index (Phi) is 3.43. The molecule has 0 spiro atoms. The molecule has 4 N–H and O–H groups in total. The smallest absolute Gasteiger partial charge is 0.313 e. The van der Waals surface area contributed by atoms with Crippen LogP contribution in [0.15, 0.2) is 0 Å². The highest BCUT2D eigenvalue weighted by Gasteiger charge is 2.47. The molecule has 1 fully saturated rings. The molecule has 2 heterocycles. The molecule has 1 aromatic heterocycles. The van der Waals surface area contributed by atoms with Crippen molar-refractivity contribution < 1.29 is 19.4 Å². The van der Waals surface area contributed by atoms with Gasteiger partial charge in [-0.1, -0.05) is 0 Å². The first kappa shape index (κ1) is 14.3. The van der Waals surface area contributed by atoms with Crippen molar-refractivity contribution in [1.29, 1.82) is 0 Å². The fraction of sp³-hybridized carbons (Fsp3) is 0.583. The Labute approximate surface area is 115 Å². The monoisotopic (exact) mass is 282 g/mol. The highest BCUT2D eigenvalue weighted by atomic mass is 16.5. The van der Waals surface area contributed by atoms with Crippen LogP contribution in [-0.4, -0.2) is 46.0 Å². The number of primary amides is 1. The van der Waals surface area contributed by atoms with Crippen LogP contribution >= 0.6 is 0 Å². The Hall–Kier alpha value is -2.09. The molecule has 1 aliphatic rings. The zero-order valence-electron chi connectivity index (χ0n) is 11.6. The number of carbonyl (C=O) groups is 2. The van der Waals surface area contributed by atoms with Gasteiger partial charge in [0.2, 0.25) is 0 Å². The maximum Gasteiger partial charge on any atom is 0.313 e. The molecule has 2 rings (SSSR count). The van der Waals surface area contributed by atoms with E-state index in [2.05, 4.69) is 10.4 Å². The first-order chi connectivity index (χ1) is 9.27. The van der Waals surface area contributed by atoms with E-state index in [1.165, 1.54) is 4.68 Å². The van der Waals surface area contributed by atoms with Crippen LogP contribution in [0.4, 0.5) is 5.82 Å². The van der Waals surface area contributed by atoms with Crippen molar-refractivity contribution >= 4 is 17.7 Å². The lowest BCUT2D eigenvalue weighted by Gasteiger charge is -2.26. The lowest BCUT2D eigenvalue weighted by atomic mass is 9.85. The van der Waals surface area contributed by atoms with E-state index in [1.54, 1.807) is 20.9 Å². The maximum absolute atomic E-state index is 11.5. The summed E-state index contributed by atoms with van der Waals surface area (Å²) in [7, 11) is 1.66. The molecule has 0 radical (unpaired) electrons. The van der Waals surface area contributed by atoms with E-state index in [9.17, 15) is 14.7 Å². The molecule has 0 aliphatic carbocycles. The number of carboxylic acid groups (broad SMARTS) is 1. The van der Waals surface area contributed by atoms with E-state index in [0.717, 1.165) is 0 Å². The molecule has 20 heavy (non-hydrogen) atoms. The van der Waals surface area contributed by atoms with E-state index < -0.39 is 23.3 Å². The molecule has 8 heteroatoms. The minimum Gasteiger partial charge on any atom is -0.481 e. The third kappa shape index (κ3) is 2.11. The Bertz CT molecular complexity index is 568. The van der Waals surface area contributed by atoms with Crippen LogP contribution in [0.2, 0.25) is 0 Å². The van der Waals surface area contributed by atoms with Crippen LogP contribution in [0.3, 0.4) is 0 Å². The predicted molar refractivity (Wildman–Crippen MR) is 70.4 cm³/mol. The summed E-state index contributed by atoms with van der Waals surface area (Å²) in [6.07, 6.45) is 0. The van der Waals surface area contributed by atoms with Gasteiger partial charge in [0, 0.05) is 7.05 Å². The van der Waals surface area contributed by atoms with Crippen molar-refractivity contribution in [2.45, 2.75) is 19.9 Å². The summed E-state index contributed by atoms with van der Waals surface area (Å²) < 4.78 is 6.75. The fourth-order valence-electron chi connectivity index (χ4n) is 2.37. The van der Waals surface area contributed by atoms with Crippen LogP contribution in [0.1, 0.15) is 23.0 Å². The van der Waals surface area contributed by atoms with Crippen molar-refractivity contribution in [2.75, 3.05) is 18.5 Å². The van der Waals surface area contributed by atoms with E-state index in [1.807, 2.05) is 0 Å². The largest absolute Gasteiger partial charge is 0.481 e. The Balaban J connectivity index is 2.35. The van der Waals surface area contributed by atoms with Gasteiger partial charge in [-0.3, -0.25) is 14.3 Å². The van der Waals surface area contributed by atoms with Crippen molar-refractivity contribution in [3.8, 4) is 0 Å². The number of rotatable bonds is 4. The molecule has 1 aromatic rings. The number of nitrogens with zero attached hydrogens (tertiary/aromatic N) is 2. The van der Waals surface area contributed by atoms with Gasteiger partial charge < -0.3 is 20.9 Å². The van der Waals surface area contributed by atoms with Gasteiger partial charge in [-0.2, -0.15) is 5.10 Å². The predicted octanol–water partition coefficient (Wildman–Crippen LogP) is -0.271. The van der Waals surface area contributed by atoms with E-state index in [0.29, 0.717) is 11.5 Å². The summed E-state index contributed by atoms with van der Waals surface area (Å²) in [6.45, 7) is 3.63. The Morgan fingerprint density at radius 1 is 1.60 bits per heavy atom. The van der Waals surface area contributed by atoms with Crippen LogP contribution in [0.5, 0.6) is 0 Å². The van der Waals surface area contributed by atoms with Gasteiger partial charge in [0.05, 0.1) is 24.9 Å². The quantitative estimate of drug-likeness (QED) is 0.699. The van der Waals surface area contributed by atoms with Crippen molar-refractivity contribution in [3.63, 3.8) is 0 Å². The second kappa shape index (κ2) is 4.78. The number of nitrogens with one attached hydrogen (secondary N) is 1. The second-order valence-electron chi connectivity index (χ2n) is 5.23. The zero-order valence-corrected chi connectivity index (χ0v) is 11.6. The lowest BCUT2D eigenvalue weighted by molar-refractivity contribution is -0.148. The first-order valence-corrected chi connectivity index (χ1v) is 6.18. The molecule has 2 unspecified atom stereocenters. The molecular formula is C12H18N4O4. The molecule has 8 nitrogen and oxygen atoms in total. The van der Waals surface area contributed by atoms with Crippen molar-refractivity contribution in [3.05, 3.63) is 11.3 Å². The summed E-state index contributed by atoms with van der Waals surface area (Å²) in [5.41, 5.74) is 5.06. The van der Waals surface area contributed by atoms with Crippen LogP contribution < -0.4 is 11.1 Å². The molecule has 110 valence electrons. The van der Waals surface area contributed by atoms with Gasteiger partial charge in [0.25, 0.3) is 5.91 Å². The fourth-order valence-corrected chi connectivity index (χ4v) is 2.37. The van der Waals surface area contributed by atoms with Gasteiger partial charge in [-0.25, -0.2) is 0 Å². The second-order valence-corrected chi connectivity index (χ2v) is 5.23. The number of aliphatic carboxylic acids is 1. The van der Waals surface area contributed by atoms with Gasteiger partial charge in [0.1, 0.15) is 16.8 Å². The van der Waals surface area contributed by atoms with Gasteiger partial charge >= 0.3 is 5.97 Å². The van der Waals surface area contributed by atoms with Gasteiger partial charge in [-0.15, -0.1) is 0 Å². The number of carboxylic acids is 1. The minimum atomic E-state index is -1.06. The van der Waals surface area contributed by atoms with E-state index in [4.69, 9.17) is 10.5 Å². The number of nitrogens with two attached hydrogens (primary N) is 1. The first-order valence-electron chi connectivity index (χ1n) is 6.18. The third-order valence-corrected chi connectivity index (χ3v) is 3.72. The number of aryl methyl sites for hydroxylation is 2. The zero-order chi connectivity index (χ0) is 15.1. The number of carbonyl (C=O) groups excluding carboxylic acids is 1. The van der Waals surface area contributed by atoms with Gasteiger partial charge in [-0.05, 0) is 13.8 Å². The van der Waals surface area contributed by atoms with Crippen molar-refractivity contribution in [1.82, 2.24) is 9.78 Å². The Morgan fingerprint density at radius 2 is 2.25 bits per heavy atom. The molecule has 2 atom stereocenters. The average Bonchev–Trinajstić information content (AvgIpc) is 2.82. The number of aromatic nitrogens is 2. The SMILES string of the molecule is Cc1nn(C)c(NC2COCC2(C)C(=O)O)c1C(N)=O. The summed E-state index contributed by atoms with van der Waals surface area (Å²) in [5, 5.41) is 16.5. The average molecular weight is 282 g/mol. The normalized spacial score (nSPS) is 25.6. The molecule has 0 saturated carbocycles. The molecule has 0 bridgehead atoms. The molecule has 1 amide bonds. The number of hydrogen-bond donors (Lipinski definition) is 3. The van der Waals surface area contributed by atoms with Crippen molar-refractivity contribution in [2.24, 2.45) is 18.2 Å². The highest BCUT2D eigenvalue weighted by Crippen LogP contribution is 2.32. The molecule has 0 aromatic carbocycles.